The molecule has 0 unspecified atom stereocenters. The Hall–Kier alpha value is -6.32. The van der Waals surface area contributed by atoms with Gasteiger partial charge in [-0.25, -0.2) is 0 Å². The lowest BCUT2D eigenvalue weighted by atomic mass is 9.93. The fraction of sp³-hybridized carbons (Fsp3) is 0. The molecule has 0 aliphatic heterocycles. The average molecular weight is 600 g/mol. The summed E-state index contributed by atoms with van der Waals surface area (Å²) in [5, 5.41) is 4.99. The van der Waals surface area contributed by atoms with Crippen molar-refractivity contribution in [2.24, 2.45) is 0 Å². The van der Waals surface area contributed by atoms with Gasteiger partial charge in [0.15, 0.2) is 0 Å². The summed E-state index contributed by atoms with van der Waals surface area (Å²) in [5.74, 6) is 0. The first-order valence-electron chi connectivity index (χ1n) is 15.9. The van der Waals surface area contributed by atoms with Gasteiger partial charge in [-0.1, -0.05) is 103 Å². The number of hydrogen-bond donors (Lipinski definition) is 0. The van der Waals surface area contributed by atoms with E-state index in [2.05, 4.69) is 154 Å². The number of aromatic nitrogens is 3. The van der Waals surface area contributed by atoms with Gasteiger partial charge in [0.2, 0.25) is 0 Å². The van der Waals surface area contributed by atoms with Crippen LogP contribution in [0.2, 0.25) is 0 Å². The zero-order valence-corrected chi connectivity index (χ0v) is 25.6. The largest absolute Gasteiger partial charge is 0.309 e. The molecule has 0 spiro atoms. The van der Waals surface area contributed by atoms with Crippen LogP contribution in [-0.4, -0.2) is 14.5 Å². The summed E-state index contributed by atoms with van der Waals surface area (Å²) >= 11 is 0. The minimum Gasteiger partial charge on any atom is -0.309 e. The highest BCUT2D eigenvalue weighted by Crippen LogP contribution is 2.43. The normalized spacial score (nSPS) is 11.4. The Balaban J connectivity index is 1.32. The van der Waals surface area contributed by atoms with Crippen LogP contribution in [-0.2, 0) is 0 Å². The number of nitrogens with zero attached hydrogens (tertiary/aromatic N) is 3. The van der Waals surface area contributed by atoms with Crippen LogP contribution < -0.4 is 0 Å². The van der Waals surface area contributed by atoms with Crippen LogP contribution in [0.25, 0.3) is 82.8 Å². The van der Waals surface area contributed by atoms with Gasteiger partial charge in [0.1, 0.15) is 0 Å². The van der Waals surface area contributed by atoms with Crippen molar-refractivity contribution in [2.45, 2.75) is 0 Å². The van der Waals surface area contributed by atoms with E-state index in [0.29, 0.717) is 0 Å². The molecule has 0 aliphatic carbocycles. The van der Waals surface area contributed by atoms with E-state index < -0.39 is 0 Å². The molecule has 9 rings (SSSR count). The summed E-state index contributed by atoms with van der Waals surface area (Å²) in [6, 6.07) is 54.6. The summed E-state index contributed by atoms with van der Waals surface area (Å²) in [6.07, 6.45) is 7.48. The molecule has 0 bridgehead atoms. The summed E-state index contributed by atoms with van der Waals surface area (Å²) in [4.78, 5) is 8.71. The van der Waals surface area contributed by atoms with Crippen LogP contribution >= 0.6 is 0 Å². The smallest absolute Gasteiger partial charge is 0.0553 e. The lowest BCUT2D eigenvalue weighted by molar-refractivity contribution is 1.18. The van der Waals surface area contributed by atoms with Gasteiger partial charge in [0.05, 0.1) is 11.0 Å². The lowest BCUT2D eigenvalue weighted by Gasteiger charge is -2.13. The fourth-order valence-electron chi connectivity index (χ4n) is 6.96. The molecule has 3 aromatic heterocycles. The van der Waals surface area contributed by atoms with Gasteiger partial charge in [-0.05, 0) is 92.7 Å². The molecule has 9 aromatic rings. The molecule has 6 aromatic carbocycles. The van der Waals surface area contributed by atoms with Gasteiger partial charge >= 0.3 is 0 Å². The van der Waals surface area contributed by atoms with Gasteiger partial charge in [-0.2, -0.15) is 0 Å². The molecule has 0 saturated heterocycles. The Morgan fingerprint density at radius 2 is 0.936 bits per heavy atom. The summed E-state index contributed by atoms with van der Waals surface area (Å²) in [7, 11) is 0. The summed E-state index contributed by atoms with van der Waals surface area (Å²) in [6.45, 7) is 0. The van der Waals surface area contributed by atoms with Crippen molar-refractivity contribution in [3.63, 3.8) is 0 Å². The molecular formula is C44H29N3. The van der Waals surface area contributed by atoms with E-state index in [1.807, 2.05) is 36.9 Å². The van der Waals surface area contributed by atoms with Crippen molar-refractivity contribution in [1.82, 2.24) is 14.5 Å². The predicted octanol–water partition coefficient (Wildman–Crippen LogP) is 11.4. The summed E-state index contributed by atoms with van der Waals surface area (Å²) < 4.78 is 2.43. The highest BCUT2D eigenvalue weighted by molar-refractivity contribution is 6.24. The third-order valence-electron chi connectivity index (χ3n) is 9.15. The Bertz CT molecular complexity index is 2550. The third kappa shape index (κ3) is 4.68. The number of para-hydroxylation sites is 1. The summed E-state index contributed by atoms with van der Waals surface area (Å²) in [5.41, 5.74) is 12.8. The monoisotopic (exact) mass is 599 g/mol. The SMILES string of the molecule is c1ccc(-n2c3cc(-c4cccc(-c5cccnc5)c4)ccc3c3c4ccccc4c(-c4cccc(-c5cccnc5)c4)cc32)cc1. The van der Waals surface area contributed by atoms with E-state index >= 15 is 0 Å². The minimum atomic E-state index is 1.11. The van der Waals surface area contributed by atoms with Crippen molar-refractivity contribution in [3.05, 3.63) is 176 Å². The topological polar surface area (TPSA) is 30.7 Å². The second-order valence-electron chi connectivity index (χ2n) is 11.9. The number of pyridine rings is 2. The molecule has 0 atom stereocenters. The minimum absolute atomic E-state index is 1.11. The number of fused-ring (bicyclic) bond motifs is 5. The molecule has 0 saturated carbocycles. The van der Waals surface area contributed by atoms with Crippen LogP contribution in [0.3, 0.4) is 0 Å². The third-order valence-corrected chi connectivity index (χ3v) is 9.15. The number of hydrogen-bond acceptors (Lipinski definition) is 2. The molecule has 47 heavy (non-hydrogen) atoms. The first-order chi connectivity index (χ1) is 23.3. The molecule has 3 heteroatoms. The quantitative estimate of drug-likeness (QED) is 0.197. The van der Waals surface area contributed by atoms with E-state index in [-0.39, 0.29) is 0 Å². The van der Waals surface area contributed by atoms with Crippen molar-refractivity contribution in [2.75, 3.05) is 0 Å². The average Bonchev–Trinajstić information content (AvgIpc) is 3.49. The maximum Gasteiger partial charge on any atom is 0.0553 e. The van der Waals surface area contributed by atoms with Crippen molar-refractivity contribution >= 4 is 32.6 Å². The van der Waals surface area contributed by atoms with E-state index in [0.717, 1.165) is 27.9 Å². The van der Waals surface area contributed by atoms with Gasteiger partial charge in [0.25, 0.3) is 0 Å². The van der Waals surface area contributed by atoms with Crippen molar-refractivity contribution in [1.29, 1.82) is 0 Å². The second kappa shape index (κ2) is 11.2. The second-order valence-corrected chi connectivity index (χ2v) is 11.9. The Morgan fingerprint density at radius 1 is 0.362 bits per heavy atom. The fourth-order valence-corrected chi connectivity index (χ4v) is 6.96. The molecule has 0 fully saturated rings. The Kier molecular flexibility index (Phi) is 6.46. The van der Waals surface area contributed by atoms with Crippen molar-refractivity contribution < 1.29 is 0 Å². The van der Waals surface area contributed by atoms with Crippen LogP contribution in [0.1, 0.15) is 0 Å². The predicted molar refractivity (Wildman–Crippen MR) is 196 cm³/mol. The molecule has 3 heterocycles. The van der Waals surface area contributed by atoms with Crippen LogP contribution in [0.15, 0.2) is 176 Å². The van der Waals surface area contributed by atoms with Gasteiger partial charge in [-0.15, -0.1) is 0 Å². The lowest BCUT2D eigenvalue weighted by Crippen LogP contribution is -1.94. The molecular weight excluding hydrogens is 571 g/mol. The van der Waals surface area contributed by atoms with E-state index in [9.17, 15) is 0 Å². The molecule has 0 N–H and O–H groups in total. The van der Waals surface area contributed by atoms with E-state index in [4.69, 9.17) is 0 Å². The number of benzene rings is 6. The van der Waals surface area contributed by atoms with Crippen LogP contribution in [0.5, 0.6) is 0 Å². The van der Waals surface area contributed by atoms with Crippen LogP contribution in [0.4, 0.5) is 0 Å². The van der Waals surface area contributed by atoms with E-state index in [1.165, 1.54) is 54.8 Å². The zero-order valence-electron chi connectivity index (χ0n) is 25.6. The van der Waals surface area contributed by atoms with Crippen LogP contribution in [0, 0.1) is 0 Å². The molecule has 3 nitrogen and oxygen atoms in total. The standard InChI is InChI=1S/C44H29N3/c1-2-16-37(17-3-1)47-42-26-33(30-10-6-11-31(24-30)35-14-8-22-45-28-35)20-21-40(42)44-39-19-5-4-18-38(39)41(27-43(44)47)34-13-7-12-32(25-34)36-15-9-23-46-29-36/h1-29H. The highest BCUT2D eigenvalue weighted by atomic mass is 15.0. The van der Waals surface area contributed by atoms with Gasteiger partial charge < -0.3 is 4.57 Å². The Morgan fingerprint density at radius 3 is 1.62 bits per heavy atom. The molecule has 0 radical (unpaired) electrons. The highest BCUT2D eigenvalue weighted by Gasteiger charge is 2.19. The van der Waals surface area contributed by atoms with Crippen molar-refractivity contribution in [3.8, 4) is 50.2 Å². The van der Waals surface area contributed by atoms with Gasteiger partial charge in [-0.3, -0.25) is 9.97 Å². The Labute approximate surface area is 273 Å². The molecule has 220 valence electrons. The zero-order chi connectivity index (χ0) is 31.2. The maximum atomic E-state index is 4.37. The molecule has 0 aliphatic rings. The maximum absolute atomic E-state index is 4.37. The molecule has 0 amide bonds. The first-order valence-corrected chi connectivity index (χ1v) is 15.9. The first kappa shape index (κ1) is 27.0. The number of rotatable bonds is 5. The van der Waals surface area contributed by atoms with Gasteiger partial charge in [0, 0.05) is 52.4 Å². The van der Waals surface area contributed by atoms with E-state index in [1.54, 1.807) is 0 Å².